The van der Waals surface area contributed by atoms with Crippen LogP contribution in [0.4, 0.5) is 0 Å². The van der Waals surface area contributed by atoms with Crippen LogP contribution in [0.1, 0.15) is 41.3 Å². The lowest BCUT2D eigenvalue weighted by molar-refractivity contribution is 0.0540. The minimum atomic E-state index is -0.463. The quantitative estimate of drug-likeness (QED) is 0.880. The Morgan fingerprint density at radius 2 is 2.00 bits per heavy atom. The van der Waals surface area contributed by atoms with Crippen LogP contribution in [0.2, 0.25) is 0 Å². The van der Waals surface area contributed by atoms with Crippen molar-refractivity contribution in [3.05, 3.63) is 53.2 Å². The number of nitrogens with one attached hydrogen (secondary N) is 1. The summed E-state index contributed by atoms with van der Waals surface area (Å²) in [5, 5.41) is 13.1. The van der Waals surface area contributed by atoms with Crippen LogP contribution < -0.4 is 5.32 Å². The van der Waals surface area contributed by atoms with Gasteiger partial charge in [-0.15, -0.1) is 0 Å². The number of aromatic nitrogens is 1. The third kappa shape index (κ3) is 3.15. The SMILES string of the molecule is CC1(O)CC2CN(Cc3ccnc(-c4ccc5c(c4)CNC5=O)c3)CC2C1. The van der Waals surface area contributed by atoms with Gasteiger partial charge in [0.1, 0.15) is 0 Å². The predicted octanol–water partition coefficient (Wildman–Crippen LogP) is 2.58. The molecular formula is C22H25N3O2. The van der Waals surface area contributed by atoms with E-state index in [4.69, 9.17) is 0 Å². The summed E-state index contributed by atoms with van der Waals surface area (Å²) in [4.78, 5) is 18.8. The first-order valence-electron chi connectivity index (χ1n) is 9.78. The maximum Gasteiger partial charge on any atom is 0.251 e. The van der Waals surface area contributed by atoms with Crippen molar-refractivity contribution in [2.45, 2.75) is 38.5 Å². The van der Waals surface area contributed by atoms with Crippen molar-refractivity contribution in [3.63, 3.8) is 0 Å². The molecule has 140 valence electrons. The van der Waals surface area contributed by atoms with Gasteiger partial charge in [-0.3, -0.25) is 14.7 Å². The summed E-state index contributed by atoms with van der Waals surface area (Å²) in [6.07, 6.45) is 3.73. The first-order chi connectivity index (χ1) is 13.0. The van der Waals surface area contributed by atoms with E-state index in [0.29, 0.717) is 18.4 Å². The van der Waals surface area contributed by atoms with Crippen LogP contribution in [0.25, 0.3) is 11.3 Å². The summed E-state index contributed by atoms with van der Waals surface area (Å²) in [5.41, 5.74) is 4.63. The maximum atomic E-state index is 11.7. The van der Waals surface area contributed by atoms with Crippen molar-refractivity contribution in [1.29, 1.82) is 0 Å². The second-order valence-corrected chi connectivity index (χ2v) is 8.72. The normalized spacial score (nSPS) is 29.6. The largest absolute Gasteiger partial charge is 0.390 e. The Bertz CT molecular complexity index is 892. The van der Waals surface area contributed by atoms with E-state index in [2.05, 4.69) is 33.4 Å². The van der Waals surface area contributed by atoms with Gasteiger partial charge >= 0.3 is 0 Å². The van der Waals surface area contributed by atoms with E-state index in [1.165, 1.54) is 5.56 Å². The smallest absolute Gasteiger partial charge is 0.251 e. The molecule has 3 aliphatic rings. The molecule has 27 heavy (non-hydrogen) atoms. The van der Waals surface area contributed by atoms with Crippen LogP contribution in [0.15, 0.2) is 36.5 Å². The molecule has 5 nitrogen and oxygen atoms in total. The Kier molecular flexibility index (Phi) is 3.85. The van der Waals surface area contributed by atoms with Crippen molar-refractivity contribution in [2.75, 3.05) is 13.1 Å². The first-order valence-corrected chi connectivity index (χ1v) is 9.78. The number of amides is 1. The van der Waals surface area contributed by atoms with Gasteiger partial charge in [0, 0.05) is 43.5 Å². The molecule has 5 rings (SSSR count). The number of carbonyl (C=O) groups excluding carboxylic acids is 1. The van der Waals surface area contributed by atoms with Crippen molar-refractivity contribution in [3.8, 4) is 11.3 Å². The molecule has 2 N–H and O–H groups in total. The molecule has 3 heterocycles. The number of hydrogen-bond acceptors (Lipinski definition) is 4. The Hall–Kier alpha value is -2.24. The van der Waals surface area contributed by atoms with E-state index in [0.717, 1.165) is 54.9 Å². The number of fused-ring (bicyclic) bond motifs is 2. The molecule has 2 atom stereocenters. The van der Waals surface area contributed by atoms with Gasteiger partial charge in [0.05, 0.1) is 11.3 Å². The van der Waals surface area contributed by atoms with Crippen molar-refractivity contribution < 1.29 is 9.90 Å². The van der Waals surface area contributed by atoms with Crippen LogP contribution in [-0.2, 0) is 13.1 Å². The Morgan fingerprint density at radius 3 is 2.78 bits per heavy atom. The Labute approximate surface area is 159 Å². The van der Waals surface area contributed by atoms with Crippen molar-refractivity contribution in [1.82, 2.24) is 15.2 Å². The Morgan fingerprint density at radius 1 is 1.22 bits per heavy atom. The number of nitrogens with zero attached hydrogens (tertiary/aromatic N) is 2. The average Bonchev–Trinajstić information content (AvgIpc) is 3.25. The predicted molar refractivity (Wildman–Crippen MR) is 103 cm³/mol. The summed E-state index contributed by atoms with van der Waals surface area (Å²) in [6, 6.07) is 10.2. The molecule has 1 saturated heterocycles. The van der Waals surface area contributed by atoms with E-state index < -0.39 is 5.60 Å². The maximum absolute atomic E-state index is 11.7. The molecule has 1 aromatic heterocycles. The lowest BCUT2D eigenvalue weighted by atomic mass is 10.0. The zero-order valence-corrected chi connectivity index (χ0v) is 15.6. The number of rotatable bonds is 3. The molecule has 5 heteroatoms. The summed E-state index contributed by atoms with van der Waals surface area (Å²) in [6.45, 7) is 5.65. The van der Waals surface area contributed by atoms with Crippen LogP contribution >= 0.6 is 0 Å². The number of pyridine rings is 1. The first kappa shape index (κ1) is 16.9. The second-order valence-electron chi connectivity index (χ2n) is 8.72. The van der Waals surface area contributed by atoms with Crippen LogP contribution in [0.3, 0.4) is 0 Å². The summed E-state index contributed by atoms with van der Waals surface area (Å²) in [7, 11) is 0. The number of likely N-dealkylation sites (tertiary alicyclic amines) is 1. The fraction of sp³-hybridized carbons (Fsp3) is 0.455. The molecule has 2 aromatic rings. The van der Waals surface area contributed by atoms with Gasteiger partial charge in [0.2, 0.25) is 0 Å². The molecular weight excluding hydrogens is 338 g/mol. The molecule has 1 saturated carbocycles. The highest BCUT2D eigenvalue weighted by atomic mass is 16.3. The van der Waals surface area contributed by atoms with Crippen LogP contribution in [-0.4, -0.2) is 39.6 Å². The van der Waals surface area contributed by atoms with Crippen LogP contribution in [0.5, 0.6) is 0 Å². The van der Waals surface area contributed by atoms with Crippen molar-refractivity contribution >= 4 is 5.91 Å². The molecule has 1 amide bonds. The molecule has 0 spiro atoms. The van der Waals surface area contributed by atoms with Gasteiger partial charge in [0.15, 0.2) is 0 Å². The lowest BCUT2D eigenvalue weighted by Gasteiger charge is -2.22. The van der Waals surface area contributed by atoms with Crippen molar-refractivity contribution in [2.24, 2.45) is 11.8 Å². The highest BCUT2D eigenvalue weighted by molar-refractivity contribution is 5.98. The van der Waals surface area contributed by atoms with Gasteiger partial charge in [-0.1, -0.05) is 6.07 Å². The third-order valence-electron chi connectivity index (χ3n) is 6.37. The fourth-order valence-corrected chi connectivity index (χ4v) is 5.22. The number of carbonyl (C=O) groups is 1. The second kappa shape index (κ2) is 6.14. The highest BCUT2D eigenvalue weighted by Gasteiger charge is 2.45. The minimum absolute atomic E-state index is 0.0109. The van der Waals surface area contributed by atoms with E-state index in [1.54, 1.807) is 0 Å². The average molecular weight is 363 g/mol. The molecule has 0 radical (unpaired) electrons. The van der Waals surface area contributed by atoms with E-state index >= 15 is 0 Å². The van der Waals surface area contributed by atoms with E-state index in [-0.39, 0.29) is 5.91 Å². The monoisotopic (exact) mass is 363 g/mol. The summed E-state index contributed by atoms with van der Waals surface area (Å²) >= 11 is 0. The standard InChI is InChI=1S/C22H25N3O2/c1-22(27)8-17-12-25(13-18(17)9-22)11-14-4-5-23-20(6-14)15-2-3-19-16(7-15)10-24-21(19)26/h2-7,17-18,27H,8-13H2,1H3,(H,24,26). The Balaban J connectivity index is 1.31. The van der Waals surface area contributed by atoms with Gasteiger partial charge in [-0.2, -0.15) is 0 Å². The van der Waals surface area contributed by atoms with E-state index in [9.17, 15) is 9.90 Å². The van der Waals surface area contributed by atoms with Gasteiger partial charge in [-0.05, 0) is 67.0 Å². The summed E-state index contributed by atoms with van der Waals surface area (Å²) < 4.78 is 0. The topological polar surface area (TPSA) is 65.5 Å². The molecule has 2 aliphatic heterocycles. The summed E-state index contributed by atoms with van der Waals surface area (Å²) in [5.74, 6) is 1.27. The highest BCUT2D eigenvalue weighted by Crippen LogP contribution is 2.43. The van der Waals surface area contributed by atoms with Gasteiger partial charge in [0.25, 0.3) is 5.91 Å². The molecule has 2 fully saturated rings. The van der Waals surface area contributed by atoms with E-state index in [1.807, 2.05) is 25.3 Å². The third-order valence-corrected chi connectivity index (χ3v) is 6.37. The van der Waals surface area contributed by atoms with Gasteiger partial charge in [-0.25, -0.2) is 0 Å². The fourth-order valence-electron chi connectivity index (χ4n) is 5.22. The minimum Gasteiger partial charge on any atom is -0.390 e. The number of hydrogen-bond donors (Lipinski definition) is 2. The van der Waals surface area contributed by atoms with Crippen LogP contribution in [0, 0.1) is 11.8 Å². The lowest BCUT2D eigenvalue weighted by Crippen LogP contribution is -2.27. The zero-order valence-electron chi connectivity index (χ0n) is 15.6. The number of benzene rings is 1. The number of aliphatic hydroxyl groups is 1. The molecule has 1 aromatic carbocycles. The van der Waals surface area contributed by atoms with Gasteiger partial charge < -0.3 is 10.4 Å². The zero-order chi connectivity index (χ0) is 18.6. The molecule has 1 aliphatic carbocycles. The molecule has 0 bridgehead atoms. The molecule has 2 unspecified atom stereocenters.